The van der Waals surface area contributed by atoms with Gasteiger partial charge in [0, 0.05) is 52.1 Å². The second kappa shape index (κ2) is 9.43. The first kappa shape index (κ1) is 21.2. The molecule has 0 unspecified atom stereocenters. The number of benzene rings is 1. The summed E-state index contributed by atoms with van der Waals surface area (Å²) in [6.45, 7) is 11.1. The first-order valence-electron chi connectivity index (χ1n) is 11.0. The van der Waals surface area contributed by atoms with Gasteiger partial charge in [-0.1, -0.05) is 24.3 Å². The Hall–Kier alpha value is -3.00. The van der Waals surface area contributed by atoms with E-state index < -0.39 is 0 Å². The fourth-order valence-corrected chi connectivity index (χ4v) is 3.97. The van der Waals surface area contributed by atoms with E-state index in [0.29, 0.717) is 24.6 Å². The van der Waals surface area contributed by atoms with Gasteiger partial charge in [0.1, 0.15) is 5.69 Å². The van der Waals surface area contributed by atoms with E-state index in [4.69, 9.17) is 4.42 Å². The van der Waals surface area contributed by atoms with Crippen molar-refractivity contribution in [1.82, 2.24) is 29.8 Å². The maximum Gasteiger partial charge on any atom is 0.265 e. The molecule has 1 fully saturated rings. The highest BCUT2D eigenvalue weighted by molar-refractivity contribution is 5.76. The summed E-state index contributed by atoms with van der Waals surface area (Å²) in [5, 5.41) is 12.7. The molecule has 0 saturated carbocycles. The molecule has 0 atom stereocenters. The van der Waals surface area contributed by atoms with Crippen molar-refractivity contribution in [2.75, 3.05) is 26.2 Å². The van der Waals surface area contributed by atoms with Crippen molar-refractivity contribution >= 4 is 5.91 Å². The van der Waals surface area contributed by atoms with Crippen LogP contribution in [0, 0.1) is 13.8 Å². The minimum absolute atomic E-state index is 0.143. The van der Waals surface area contributed by atoms with Gasteiger partial charge in [0.25, 0.3) is 5.89 Å². The largest absolute Gasteiger partial charge is 0.419 e. The van der Waals surface area contributed by atoms with Gasteiger partial charge in [-0.3, -0.25) is 14.4 Å². The molecule has 1 saturated heterocycles. The molecular formula is C23H30N6O2. The molecule has 1 aliphatic rings. The topological polar surface area (TPSA) is 80.3 Å². The Labute approximate surface area is 182 Å². The Morgan fingerprint density at radius 3 is 2.61 bits per heavy atom. The molecule has 0 spiro atoms. The van der Waals surface area contributed by atoms with Crippen LogP contribution in [0.15, 0.2) is 34.7 Å². The molecule has 164 valence electrons. The van der Waals surface area contributed by atoms with Crippen LogP contribution in [0.4, 0.5) is 0 Å². The Kier molecular flexibility index (Phi) is 6.46. The van der Waals surface area contributed by atoms with E-state index in [9.17, 15) is 4.79 Å². The van der Waals surface area contributed by atoms with E-state index in [1.54, 1.807) is 0 Å². The molecule has 0 N–H and O–H groups in total. The van der Waals surface area contributed by atoms with Crippen LogP contribution in [-0.2, 0) is 24.3 Å². The van der Waals surface area contributed by atoms with Crippen LogP contribution in [0.5, 0.6) is 0 Å². The van der Waals surface area contributed by atoms with Gasteiger partial charge in [-0.05, 0) is 38.0 Å². The average Bonchev–Trinajstić information content (AvgIpc) is 3.40. The number of aryl methyl sites for hydroxylation is 4. The molecular weight excluding hydrogens is 392 g/mol. The molecule has 0 radical (unpaired) electrons. The summed E-state index contributed by atoms with van der Waals surface area (Å²) in [6, 6.07) is 10.4. The van der Waals surface area contributed by atoms with Crippen molar-refractivity contribution in [3.8, 4) is 11.6 Å². The van der Waals surface area contributed by atoms with Crippen LogP contribution < -0.4 is 0 Å². The lowest BCUT2D eigenvalue weighted by atomic mass is 10.1. The van der Waals surface area contributed by atoms with Crippen LogP contribution in [0.3, 0.4) is 0 Å². The van der Waals surface area contributed by atoms with Crippen LogP contribution in [0.2, 0.25) is 0 Å². The highest BCUT2D eigenvalue weighted by atomic mass is 16.4. The van der Waals surface area contributed by atoms with Gasteiger partial charge in [-0.2, -0.15) is 5.10 Å². The number of rotatable bonds is 7. The highest BCUT2D eigenvalue weighted by Gasteiger charge is 2.22. The monoisotopic (exact) mass is 422 g/mol. The lowest BCUT2D eigenvalue weighted by molar-refractivity contribution is -0.133. The summed E-state index contributed by atoms with van der Waals surface area (Å²) in [5.41, 5.74) is 4.40. The van der Waals surface area contributed by atoms with E-state index in [2.05, 4.69) is 51.4 Å². The summed E-state index contributed by atoms with van der Waals surface area (Å²) >= 11 is 0. The van der Waals surface area contributed by atoms with Gasteiger partial charge in [0.05, 0.1) is 5.69 Å². The molecule has 4 rings (SSSR count). The van der Waals surface area contributed by atoms with E-state index in [0.717, 1.165) is 50.7 Å². The second-order valence-electron chi connectivity index (χ2n) is 8.07. The third-order valence-electron chi connectivity index (χ3n) is 5.82. The van der Waals surface area contributed by atoms with Crippen molar-refractivity contribution in [1.29, 1.82) is 0 Å². The molecule has 0 bridgehead atoms. The highest BCUT2D eigenvalue weighted by Crippen LogP contribution is 2.20. The predicted octanol–water partition coefficient (Wildman–Crippen LogP) is 2.85. The van der Waals surface area contributed by atoms with E-state index in [1.807, 2.05) is 29.5 Å². The molecule has 8 heteroatoms. The number of aromatic nitrogens is 4. The van der Waals surface area contributed by atoms with Crippen molar-refractivity contribution in [3.05, 3.63) is 53.0 Å². The molecule has 1 aliphatic heterocycles. The molecule has 3 aromatic rings. The molecule has 1 amide bonds. The molecule has 2 aromatic heterocycles. The zero-order valence-corrected chi connectivity index (χ0v) is 18.5. The van der Waals surface area contributed by atoms with Gasteiger partial charge in [0.15, 0.2) is 0 Å². The minimum Gasteiger partial charge on any atom is -0.419 e. The van der Waals surface area contributed by atoms with Crippen molar-refractivity contribution in [2.45, 2.75) is 46.7 Å². The Morgan fingerprint density at radius 2 is 1.87 bits per heavy atom. The third-order valence-corrected chi connectivity index (χ3v) is 5.82. The maximum atomic E-state index is 12.7. The Morgan fingerprint density at radius 1 is 1.10 bits per heavy atom. The van der Waals surface area contributed by atoms with Gasteiger partial charge in [0.2, 0.25) is 11.8 Å². The molecule has 8 nitrogen and oxygen atoms in total. The van der Waals surface area contributed by atoms with Crippen LogP contribution in [0.1, 0.15) is 36.1 Å². The molecule has 0 aliphatic carbocycles. The van der Waals surface area contributed by atoms with Gasteiger partial charge >= 0.3 is 0 Å². The molecule has 3 heterocycles. The van der Waals surface area contributed by atoms with Crippen molar-refractivity contribution in [3.63, 3.8) is 0 Å². The van der Waals surface area contributed by atoms with E-state index >= 15 is 0 Å². The summed E-state index contributed by atoms with van der Waals surface area (Å²) in [5.74, 6) is 1.09. The second-order valence-corrected chi connectivity index (χ2v) is 8.07. The van der Waals surface area contributed by atoms with Crippen LogP contribution in [0.25, 0.3) is 11.6 Å². The van der Waals surface area contributed by atoms with Gasteiger partial charge in [-0.15, -0.1) is 10.2 Å². The SMILES string of the molecule is CCn1nc(C)cc1-c1nnc(CCC(=O)N2CCN(Cc3ccccc3C)CC2)o1. The first-order valence-corrected chi connectivity index (χ1v) is 11.0. The summed E-state index contributed by atoms with van der Waals surface area (Å²) in [6.07, 6.45) is 0.833. The predicted molar refractivity (Wildman–Crippen MR) is 117 cm³/mol. The number of piperazine rings is 1. The molecule has 1 aromatic carbocycles. The van der Waals surface area contributed by atoms with Crippen LogP contribution in [-0.4, -0.2) is 61.9 Å². The van der Waals surface area contributed by atoms with E-state index in [-0.39, 0.29) is 5.91 Å². The van der Waals surface area contributed by atoms with Crippen LogP contribution >= 0.6 is 0 Å². The number of amides is 1. The summed E-state index contributed by atoms with van der Waals surface area (Å²) < 4.78 is 7.64. The number of carbonyl (C=O) groups is 1. The minimum atomic E-state index is 0.143. The maximum absolute atomic E-state index is 12.7. The lowest BCUT2D eigenvalue weighted by Gasteiger charge is -2.35. The third kappa shape index (κ3) is 5.02. The number of hydrogen-bond acceptors (Lipinski definition) is 6. The normalized spacial score (nSPS) is 14.9. The summed E-state index contributed by atoms with van der Waals surface area (Å²) in [7, 11) is 0. The average molecular weight is 423 g/mol. The fourth-order valence-electron chi connectivity index (χ4n) is 3.97. The lowest BCUT2D eigenvalue weighted by Crippen LogP contribution is -2.48. The Bertz CT molecular complexity index is 1030. The van der Waals surface area contributed by atoms with E-state index in [1.165, 1.54) is 11.1 Å². The Balaban J connectivity index is 1.26. The van der Waals surface area contributed by atoms with Crippen molar-refractivity contribution < 1.29 is 9.21 Å². The fraction of sp³-hybridized carbons (Fsp3) is 0.478. The number of carbonyl (C=O) groups excluding carboxylic acids is 1. The quantitative estimate of drug-likeness (QED) is 0.582. The van der Waals surface area contributed by atoms with Gasteiger partial charge < -0.3 is 9.32 Å². The smallest absolute Gasteiger partial charge is 0.265 e. The summed E-state index contributed by atoms with van der Waals surface area (Å²) in [4.78, 5) is 17.0. The van der Waals surface area contributed by atoms with Gasteiger partial charge in [-0.25, -0.2) is 0 Å². The van der Waals surface area contributed by atoms with Crippen molar-refractivity contribution in [2.24, 2.45) is 0 Å². The standard InChI is InChI=1S/C23H30N6O2/c1-4-29-20(15-18(3)26-29)23-25-24-21(31-23)9-10-22(30)28-13-11-27(12-14-28)16-19-8-6-5-7-17(19)2/h5-8,15H,4,9-14,16H2,1-3H3. The first-order chi connectivity index (χ1) is 15.0. The number of nitrogens with zero attached hydrogens (tertiary/aromatic N) is 6. The molecule has 31 heavy (non-hydrogen) atoms. The zero-order chi connectivity index (χ0) is 21.8. The number of hydrogen-bond donors (Lipinski definition) is 0. The zero-order valence-electron chi connectivity index (χ0n) is 18.5.